The van der Waals surface area contributed by atoms with Crippen molar-refractivity contribution in [1.82, 2.24) is 9.78 Å². The number of ether oxygens (including phenoxy) is 3. The van der Waals surface area contributed by atoms with Gasteiger partial charge in [-0.25, -0.2) is 4.79 Å². The van der Waals surface area contributed by atoms with E-state index in [0.717, 1.165) is 17.3 Å². The number of hydrogen-bond donors (Lipinski definition) is 0. The van der Waals surface area contributed by atoms with E-state index in [1.165, 1.54) is 0 Å². The normalized spacial score (nSPS) is 11.0. The van der Waals surface area contributed by atoms with Crippen molar-refractivity contribution in [3.05, 3.63) is 30.0 Å². The van der Waals surface area contributed by atoms with Crippen LogP contribution in [0.25, 0.3) is 10.9 Å². The molecule has 1 aromatic carbocycles. The molecule has 22 heavy (non-hydrogen) atoms. The molecule has 0 atom stereocenters. The van der Waals surface area contributed by atoms with Crippen molar-refractivity contribution >= 4 is 16.9 Å². The van der Waals surface area contributed by atoms with Gasteiger partial charge in [-0.2, -0.15) is 5.10 Å². The van der Waals surface area contributed by atoms with Gasteiger partial charge in [0.15, 0.2) is 5.69 Å². The number of fused-ring (bicyclic) bond motifs is 1. The summed E-state index contributed by atoms with van der Waals surface area (Å²) in [6, 6.07) is 7.67. The summed E-state index contributed by atoms with van der Waals surface area (Å²) in [5.41, 5.74) is 1.30. The quantitative estimate of drug-likeness (QED) is 0.525. The molecule has 2 rings (SSSR count). The molecule has 0 spiro atoms. The summed E-state index contributed by atoms with van der Waals surface area (Å²) >= 11 is 0. The van der Waals surface area contributed by atoms with E-state index in [9.17, 15) is 4.79 Å². The number of rotatable bonds is 9. The van der Waals surface area contributed by atoms with Crippen LogP contribution in [-0.4, -0.2) is 49.8 Å². The zero-order valence-corrected chi connectivity index (χ0v) is 13.1. The molecule has 0 bridgehead atoms. The van der Waals surface area contributed by atoms with Crippen LogP contribution in [0.4, 0.5) is 0 Å². The van der Waals surface area contributed by atoms with Crippen LogP contribution in [0.1, 0.15) is 23.3 Å². The van der Waals surface area contributed by atoms with Crippen LogP contribution in [0, 0.1) is 0 Å². The maximum Gasteiger partial charge on any atom is 0.359 e. The lowest BCUT2D eigenvalue weighted by Gasteiger charge is -2.03. The summed E-state index contributed by atoms with van der Waals surface area (Å²) in [6.07, 6.45) is 1.51. The van der Waals surface area contributed by atoms with Gasteiger partial charge in [0.05, 0.1) is 12.1 Å². The van der Waals surface area contributed by atoms with E-state index >= 15 is 0 Å². The van der Waals surface area contributed by atoms with E-state index in [1.54, 1.807) is 14.2 Å². The Morgan fingerprint density at radius 2 is 1.82 bits per heavy atom. The topological polar surface area (TPSA) is 62.6 Å². The van der Waals surface area contributed by atoms with Crippen molar-refractivity contribution < 1.29 is 19.0 Å². The van der Waals surface area contributed by atoms with Crippen LogP contribution < -0.4 is 0 Å². The molecule has 120 valence electrons. The predicted molar refractivity (Wildman–Crippen MR) is 83.0 cm³/mol. The molecule has 0 saturated heterocycles. The molecule has 0 fully saturated rings. The molecule has 0 aliphatic rings. The first-order valence-electron chi connectivity index (χ1n) is 7.38. The van der Waals surface area contributed by atoms with Gasteiger partial charge in [0.2, 0.25) is 0 Å². The van der Waals surface area contributed by atoms with Gasteiger partial charge in [-0.1, -0.05) is 18.2 Å². The molecule has 1 heterocycles. The summed E-state index contributed by atoms with van der Waals surface area (Å²) in [6.45, 7) is 2.26. The summed E-state index contributed by atoms with van der Waals surface area (Å²) in [5.74, 6) is -0.391. The minimum Gasteiger partial charge on any atom is -0.461 e. The second-order valence-electron chi connectivity index (χ2n) is 4.92. The van der Waals surface area contributed by atoms with Crippen molar-refractivity contribution in [2.24, 2.45) is 0 Å². The third kappa shape index (κ3) is 4.05. The number of nitrogens with zero attached hydrogens (tertiary/aromatic N) is 2. The smallest absolute Gasteiger partial charge is 0.359 e. The third-order valence-corrected chi connectivity index (χ3v) is 3.30. The van der Waals surface area contributed by atoms with Crippen molar-refractivity contribution in [1.29, 1.82) is 0 Å². The fraction of sp³-hybridized carbons (Fsp3) is 0.500. The van der Waals surface area contributed by atoms with Crippen LogP contribution in [0.5, 0.6) is 0 Å². The summed E-state index contributed by atoms with van der Waals surface area (Å²) in [5, 5.41) is 5.23. The number of para-hydroxylation sites is 1. The molecule has 1 aromatic heterocycles. The molecule has 2 aromatic rings. The molecule has 0 radical (unpaired) electrons. The van der Waals surface area contributed by atoms with Crippen LogP contribution in [-0.2, 0) is 20.8 Å². The first kappa shape index (κ1) is 16.5. The molecule has 6 nitrogen and oxygen atoms in total. The van der Waals surface area contributed by atoms with Gasteiger partial charge in [0, 0.05) is 45.8 Å². The highest BCUT2D eigenvalue weighted by atomic mass is 16.5. The van der Waals surface area contributed by atoms with E-state index in [2.05, 4.69) is 5.10 Å². The Kier molecular flexibility index (Phi) is 6.36. The van der Waals surface area contributed by atoms with Gasteiger partial charge < -0.3 is 14.2 Å². The minimum atomic E-state index is -0.391. The summed E-state index contributed by atoms with van der Waals surface area (Å²) in [7, 11) is 3.29. The molecule has 0 amide bonds. The lowest BCUT2D eigenvalue weighted by atomic mass is 10.2. The second kappa shape index (κ2) is 8.51. The van der Waals surface area contributed by atoms with Gasteiger partial charge in [-0.15, -0.1) is 0 Å². The Labute approximate surface area is 130 Å². The Hall–Kier alpha value is -1.92. The Morgan fingerprint density at radius 3 is 2.59 bits per heavy atom. The van der Waals surface area contributed by atoms with E-state index in [1.807, 2.05) is 28.9 Å². The molecule has 0 saturated carbocycles. The summed E-state index contributed by atoms with van der Waals surface area (Å²) in [4.78, 5) is 12.2. The Bertz CT molecular complexity index is 609. The van der Waals surface area contributed by atoms with Crippen LogP contribution in [0.15, 0.2) is 24.3 Å². The predicted octanol–water partition coefficient (Wildman–Crippen LogP) is 2.27. The van der Waals surface area contributed by atoms with E-state index in [0.29, 0.717) is 38.5 Å². The minimum absolute atomic E-state index is 0.331. The molecule has 0 aliphatic carbocycles. The number of carbonyl (C=O) groups excluding carboxylic acids is 1. The standard InChI is InChI=1S/C16H22N2O4/c1-20-10-5-9-18-14-8-4-3-7-13(14)15(17-18)16(19)22-12-6-11-21-2/h3-4,7-8H,5-6,9-12H2,1-2H3. The van der Waals surface area contributed by atoms with E-state index < -0.39 is 5.97 Å². The van der Waals surface area contributed by atoms with Gasteiger partial charge in [-0.05, 0) is 12.5 Å². The van der Waals surface area contributed by atoms with Crippen LogP contribution in [0.2, 0.25) is 0 Å². The summed E-state index contributed by atoms with van der Waals surface area (Å²) < 4.78 is 17.1. The van der Waals surface area contributed by atoms with Crippen molar-refractivity contribution in [2.75, 3.05) is 34.0 Å². The SMILES string of the molecule is COCCCOC(=O)c1nn(CCCOC)c2ccccc12. The van der Waals surface area contributed by atoms with E-state index in [4.69, 9.17) is 14.2 Å². The van der Waals surface area contributed by atoms with Gasteiger partial charge in [-0.3, -0.25) is 4.68 Å². The maximum absolute atomic E-state index is 12.2. The molecule has 0 aliphatic heterocycles. The highest BCUT2D eigenvalue weighted by molar-refractivity contribution is 6.02. The number of benzene rings is 1. The van der Waals surface area contributed by atoms with Crippen molar-refractivity contribution in [3.8, 4) is 0 Å². The monoisotopic (exact) mass is 306 g/mol. The van der Waals surface area contributed by atoms with Crippen molar-refractivity contribution in [2.45, 2.75) is 19.4 Å². The number of carbonyl (C=O) groups is 1. The molecule has 0 unspecified atom stereocenters. The van der Waals surface area contributed by atoms with Crippen LogP contribution >= 0.6 is 0 Å². The molecular formula is C16H22N2O4. The van der Waals surface area contributed by atoms with Crippen molar-refractivity contribution in [3.63, 3.8) is 0 Å². The fourth-order valence-corrected chi connectivity index (χ4v) is 2.24. The first-order valence-corrected chi connectivity index (χ1v) is 7.38. The third-order valence-electron chi connectivity index (χ3n) is 3.30. The zero-order chi connectivity index (χ0) is 15.8. The number of methoxy groups -OCH3 is 2. The number of esters is 1. The first-order chi connectivity index (χ1) is 10.8. The molecule has 6 heteroatoms. The highest BCUT2D eigenvalue weighted by Crippen LogP contribution is 2.19. The number of aryl methyl sites for hydroxylation is 1. The van der Waals surface area contributed by atoms with Gasteiger partial charge >= 0.3 is 5.97 Å². The average molecular weight is 306 g/mol. The fourth-order valence-electron chi connectivity index (χ4n) is 2.24. The van der Waals surface area contributed by atoms with Gasteiger partial charge in [0.25, 0.3) is 0 Å². The average Bonchev–Trinajstić information content (AvgIpc) is 2.91. The van der Waals surface area contributed by atoms with Crippen LogP contribution in [0.3, 0.4) is 0 Å². The largest absolute Gasteiger partial charge is 0.461 e. The van der Waals surface area contributed by atoms with E-state index in [-0.39, 0.29) is 0 Å². The molecule has 0 N–H and O–H groups in total. The second-order valence-corrected chi connectivity index (χ2v) is 4.92. The zero-order valence-electron chi connectivity index (χ0n) is 13.1. The molecular weight excluding hydrogens is 284 g/mol. The van der Waals surface area contributed by atoms with Gasteiger partial charge in [0.1, 0.15) is 0 Å². The highest BCUT2D eigenvalue weighted by Gasteiger charge is 2.17. The number of hydrogen-bond acceptors (Lipinski definition) is 5. The maximum atomic E-state index is 12.2. The Balaban J connectivity index is 2.13. The lowest BCUT2D eigenvalue weighted by Crippen LogP contribution is -2.10. The lowest BCUT2D eigenvalue weighted by molar-refractivity contribution is 0.0462. The Morgan fingerprint density at radius 1 is 1.09 bits per heavy atom. The number of aromatic nitrogens is 2.